The van der Waals surface area contributed by atoms with Crippen LogP contribution in [0.3, 0.4) is 0 Å². The zero-order valence-corrected chi connectivity index (χ0v) is 19.7. The minimum atomic E-state index is -1.12. The summed E-state index contributed by atoms with van der Waals surface area (Å²) in [5.74, 6) is -2.29. The molecule has 2 aliphatic rings. The van der Waals surface area contributed by atoms with Crippen LogP contribution in [0.5, 0.6) is 0 Å². The number of carboxylic acids is 1. The lowest BCUT2D eigenvalue weighted by Gasteiger charge is -2.44. The van der Waals surface area contributed by atoms with Crippen LogP contribution in [-0.4, -0.2) is 76.3 Å². The summed E-state index contributed by atoms with van der Waals surface area (Å²) in [6, 6.07) is 8.52. The van der Waals surface area contributed by atoms with E-state index in [2.05, 4.69) is 10.6 Å². The molecule has 36 heavy (non-hydrogen) atoms. The van der Waals surface area contributed by atoms with Gasteiger partial charge >= 0.3 is 5.97 Å². The van der Waals surface area contributed by atoms with Gasteiger partial charge in [0.2, 0.25) is 5.91 Å². The molecule has 2 saturated heterocycles. The van der Waals surface area contributed by atoms with Crippen LogP contribution in [-0.2, 0) is 19.2 Å². The molecule has 0 radical (unpaired) electrons. The van der Waals surface area contributed by atoms with Gasteiger partial charge in [0.1, 0.15) is 12.3 Å². The van der Waals surface area contributed by atoms with Crippen molar-refractivity contribution in [3.8, 4) is 0 Å². The largest absolute Gasteiger partial charge is 0.481 e. The van der Waals surface area contributed by atoms with E-state index in [1.165, 1.54) is 10.0 Å². The summed E-state index contributed by atoms with van der Waals surface area (Å²) >= 11 is 0. The van der Waals surface area contributed by atoms with Gasteiger partial charge in [-0.15, -0.1) is 0 Å². The number of fused-ring (bicyclic) bond motifs is 2. The minimum absolute atomic E-state index is 0.0799. The Morgan fingerprint density at radius 3 is 2.58 bits per heavy atom. The van der Waals surface area contributed by atoms with Crippen molar-refractivity contribution < 1.29 is 29.1 Å². The average molecular weight is 496 g/mol. The van der Waals surface area contributed by atoms with Crippen LogP contribution in [0.1, 0.15) is 42.5 Å². The molecule has 190 valence electrons. The van der Waals surface area contributed by atoms with Crippen molar-refractivity contribution in [3.05, 3.63) is 42.0 Å². The van der Waals surface area contributed by atoms with Gasteiger partial charge in [-0.05, 0) is 42.2 Å². The molecule has 0 unspecified atom stereocenters. The molecule has 5 N–H and O–H groups in total. The Labute approximate surface area is 207 Å². The van der Waals surface area contributed by atoms with E-state index in [-0.39, 0.29) is 36.5 Å². The summed E-state index contributed by atoms with van der Waals surface area (Å²) in [6.45, 7) is 0.496. The quantitative estimate of drug-likeness (QED) is 0.307. The van der Waals surface area contributed by atoms with E-state index in [4.69, 9.17) is 10.8 Å². The standard InChI is InChI=1S/C25H29N5O6/c26-20-11-16-5-2-1-4-15(16)10-19(20)24(35)28-21-7-8-22(32)29-9-3-6-18(30(29)25(21)36)13-27-17(14-31)12-23(33)34/h1-2,4-5,10-11,14,17-18,21,27H,3,6-9,12-13,26H2,(H,28,35)(H,33,34)/t17-,18-,21-/m0/s1. The fourth-order valence-corrected chi connectivity index (χ4v) is 4.78. The first-order valence-corrected chi connectivity index (χ1v) is 11.9. The highest BCUT2D eigenvalue weighted by atomic mass is 16.4. The fourth-order valence-electron chi connectivity index (χ4n) is 4.78. The first-order valence-electron chi connectivity index (χ1n) is 11.9. The second kappa shape index (κ2) is 10.7. The number of hydrogen-bond donors (Lipinski definition) is 4. The summed E-state index contributed by atoms with van der Waals surface area (Å²) < 4.78 is 0. The number of carbonyl (C=O) groups excluding carboxylic acids is 4. The molecule has 2 aliphatic heterocycles. The van der Waals surface area contributed by atoms with Gasteiger partial charge in [-0.1, -0.05) is 24.3 Å². The third-order valence-electron chi connectivity index (χ3n) is 6.61. The molecule has 0 aromatic heterocycles. The van der Waals surface area contributed by atoms with Crippen LogP contribution in [0.15, 0.2) is 36.4 Å². The summed E-state index contributed by atoms with van der Waals surface area (Å²) in [6.07, 6.45) is 1.55. The van der Waals surface area contributed by atoms with Crippen molar-refractivity contribution in [3.63, 3.8) is 0 Å². The van der Waals surface area contributed by atoms with Crippen molar-refractivity contribution >= 4 is 46.4 Å². The van der Waals surface area contributed by atoms with E-state index < -0.39 is 42.3 Å². The zero-order chi connectivity index (χ0) is 25.8. The number of aldehydes is 1. The number of hydrazine groups is 1. The highest BCUT2D eigenvalue weighted by molar-refractivity contribution is 6.05. The van der Waals surface area contributed by atoms with Crippen molar-refractivity contribution in [1.82, 2.24) is 20.7 Å². The van der Waals surface area contributed by atoms with Gasteiger partial charge in [0.05, 0.1) is 24.1 Å². The number of anilines is 1. The highest BCUT2D eigenvalue weighted by Crippen LogP contribution is 2.26. The van der Waals surface area contributed by atoms with Gasteiger partial charge in [0.25, 0.3) is 11.8 Å². The second-order valence-electron chi connectivity index (χ2n) is 9.10. The van der Waals surface area contributed by atoms with E-state index in [0.29, 0.717) is 25.7 Å². The third-order valence-corrected chi connectivity index (χ3v) is 6.61. The maximum atomic E-state index is 13.6. The lowest BCUT2D eigenvalue weighted by atomic mass is 10.0. The van der Waals surface area contributed by atoms with Gasteiger partial charge in [0.15, 0.2) is 0 Å². The van der Waals surface area contributed by atoms with E-state index in [0.717, 1.165) is 10.8 Å². The first kappa shape index (κ1) is 25.1. The van der Waals surface area contributed by atoms with Gasteiger partial charge in [-0.3, -0.25) is 24.2 Å². The Kier molecular flexibility index (Phi) is 7.49. The van der Waals surface area contributed by atoms with Crippen LogP contribution in [0, 0.1) is 0 Å². The second-order valence-corrected chi connectivity index (χ2v) is 9.10. The lowest BCUT2D eigenvalue weighted by molar-refractivity contribution is -0.172. The topological polar surface area (TPSA) is 162 Å². The van der Waals surface area contributed by atoms with Crippen molar-refractivity contribution in [2.75, 3.05) is 18.8 Å². The van der Waals surface area contributed by atoms with Crippen LogP contribution in [0.4, 0.5) is 5.69 Å². The predicted molar refractivity (Wildman–Crippen MR) is 131 cm³/mol. The number of carbonyl (C=O) groups is 5. The van der Waals surface area contributed by atoms with Gasteiger partial charge in [-0.2, -0.15) is 0 Å². The molecule has 2 heterocycles. The molecule has 3 amide bonds. The van der Waals surface area contributed by atoms with E-state index in [9.17, 15) is 24.0 Å². The van der Waals surface area contributed by atoms with Gasteiger partial charge < -0.3 is 26.3 Å². The van der Waals surface area contributed by atoms with Crippen LogP contribution < -0.4 is 16.4 Å². The molecule has 2 aromatic rings. The summed E-state index contributed by atoms with van der Waals surface area (Å²) in [4.78, 5) is 61.8. The average Bonchev–Trinajstić information content (AvgIpc) is 2.98. The number of benzene rings is 2. The van der Waals surface area contributed by atoms with Crippen molar-refractivity contribution in [2.24, 2.45) is 0 Å². The van der Waals surface area contributed by atoms with Gasteiger partial charge in [-0.25, -0.2) is 5.01 Å². The molecule has 0 spiro atoms. The molecule has 0 aliphatic carbocycles. The van der Waals surface area contributed by atoms with E-state index in [1.54, 1.807) is 12.1 Å². The SMILES string of the molecule is Nc1cc2ccccc2cc1C(=O)N[C@H]1CCC(=O)N2CCC[C@@H](CN[C@H](C=O)CC(=O)O)N2C1=O. The molecular formula is C25H29N5O6. The zero-order valence-electron chi connectivity index (χ0n) is 19.7. The molecule has 0 saturated carbocycles. The number of amides is 3. The van der Waals surface area contributed by atoms with Crippen molar-refractivity contribution in [1.29, 1.82) is 0 Å². The Morgan fingerprint density at radius 2 is 1.89 bits per heavy atom. The Morgan fingerprint density at radius 1 is 1.17 bits per heavy atom. The third kappa shape index (κ3) is 5.30. The predicted octanol–water partition coefficient (Wildman–Crippen LogP) is 0.681. The molecule has 11 heteroatoms. The Balaban J connectivity index is 1.53. The summed E-state index contributed by atoms with van der Waals surface area (Å²) in [7, 11) is 0. The number of carboxylic acid groups (broad SMARTS) is 1. The molecule has 3 atom stereocenters. The lowest BCUT2D eigenvalue weighted by Crippen LogP contribution is -2.62. The molecular weight excluding hydrogens is 466 g/mol. The highest BCUT2D eigenvalue weighted by Gasteiger charge is 2.42. The maximum absolute atomic E-state index is 13.6. The number of nitrogen functional groups attached to an aromatic ring is 1. The minimum Gasteiger partial charge on any atom is -0.481 e. The van der Waals surface area contributed by atoms with E-state index in [1.807, 2.05) is 24.3 Å². The maximum Gasteiger partial charge on any atom is 0.305 e. The smallest absolute Gasteiger partial charge is 0.305 e. The fraction of sp³-hybridized carbons (Fsp3) is 0.400. The van der Waals surface area contributed by atoms with E-state index >= 15 is 0 Å². The number of nitrogens with zero attached hydrogens (tertiary/aromatic N) is 2. The molecule has 11 nitrogen and oxygen atoms in total. The van der Waals surface area contributed by atoms with Crippen LogP contribution in [0.25, 0.3) is 10.8 Å². The summed E-state index contributed by atoms with van der Waals surface area (Å²) in [5.41, 5.74) is 6.65. The first-order chi connectivity index (χ1) is 17.3. The molecule has 2 fully saturated rings. The van der Waals surface area contributed by atoms with Gasteiger partial charge in [0, 0.05) is 25.2 Å². The number of nitrogens with one attached hydrogen (secondary N) is 2. The monoisotopic (exact) mass is 495 g/mol. The van der Waals surface area contributed by atoms with Crippen LogP contribution in [0.2, 0.25) is 0 Å². The Hall–Kier alpha value is -3.99. The van der Waals surface area contributed by atoms with Crippen LogP contribution >= 0.6 is 0 Å². The molecule has 0 bridgehead atoms. The van der Waals surface area contributed by atoms with Crippen molar-refractivity contribution in [2.45, 2.75) is 50.2 Å². The molecule has 2 aromatic carbocycles. The number of aliphatic carboxylic acids is 1. The summed E-state index contributed by atoms with van der Waals surface area (Å²) in [5, 5.41) is 19.1. The Bertz CT molecular complexity index is 1200. The number of nitrogens with two attached hydrogens (primary N) is 1. The number of rotatable bonds is 8. The normalized spacial score (nSPS) is 21.0. The molecule has 4 rings (SSSR count). The number of hydrogen-bond acceptors (Lipinski definition) is 7.